The van der Waals surface area contributed by atoms with Gasteiger partial charge in [0.05, 0.1) is 42.9 Å². The summed E-state index contributed by atoms with van der Waals surface area (Å²) in [6.45, 7) is 3.67. The van der Waals surface area contributed by atoms with E-state index in [1.807, 2.05) is 131 Å². The number of halogens is 6. The van der Waals surface area contributed by atoms with E-state index in [9.17, 15) is 9.59 Å². The van der Waals surface area contributed by atoms with Gasteiger partial charge < -0.3 is 55.2 Å². The fraction of sp³-hybridized carbons (Fsp3) is 0.224. The van der Waals surface area contributed by atoms with Crippen molar-refractivity contribution in [2.75, 3.05) is 59.4 Å². The third-order valence-electron chi connectivity index (χ3n) is 18.3. The van der Waals surface area contributed by atoms with Gasteiger partial charge in [-0.25, -0.2) is 4.79 Å². The largest absolute Gasteiger partial charge is 0.497 e. The molecule has 7 N–H and O–H groups in total. The van der Waals surface area contributed by atoms with E-state index in [-0.39, 0.29) is 42.7 Å². The number of hydrogen-bond donors (Lipinski definition) is 7. The van der Waals surface area contributed by atoms with E-state index in [0.29, 0.717) is 41.1 Å². The number of nitrogens with one attached hydrogen (secondary N) is 7. The molecule has 8 aromatic carbocycles. The topological polar surface area (TPSA) is 182 Å². The minimum Gasteiger partial charge on any atom is -0.497 e. The predicted octanol–water partition coefficient (Wildman–Crippen LogP) is 17.4. The Hall–Kier alpha value is -8.24. The third kappa shape index (κ3) is 13.9. The zero-order chi connectivity index (χ0) is 66.6. The van der Waals surface area contributed by atoms with Crippen molar-refractivity contribution in [2.45, 2.75) is 49.9 Å². The summed E-state index contributed by atoms with van der Waals surface area (Å²) in [7, 11) is 3.18. The Kier molecular flexibility index (Phi) is 20.5. The lowest BCUT2D eigenvalue weighted by atomic mass is 9.92. The molecule has 14 nitrogen and oxygen atoms in total. The van der Waals surface area contributed by atoms with Crippen molar-refractivity contribution in [2.24, 2.45) is 0 Å². The number of ether oxygens (including phenoxy) is 2. The molecule has 0 saturated heterocycles. The minimum absolute atomic E-state index is 0.0250. The van der Waals surface area contributed by atoms with E-state index in [0.717, 1.165) is 109 Å². The molecule has 4 unspecified atom stereocenters. The maximum absolute atomic E-state index is 12.8. The van der Waals surface area contributed by atoms with Crippen molar-refractivity contribution in [3.8, 4) is 11.8 Å². The van der Waals surface area contributed by atoms with Crippen LogP contribution in [0.4, 0.5) is 4.79 Å². The van der Waals surface area contributed by atoms with Gasteiger partial charge in [0.15, 0.2) is 0 Å². The van der Waals surface area contributed by atoms with Gasteiger partial charge in [-0.1, -0.05) is 129 Å². The van der Waals surface area contributed by atoms with Crippen LogP contribution in [0.3, 0.4) is 0 Å². The molecule has 16 rings (SSSR count). The third-order valence-corrected chi connectivity index (χ3v) is 19.9. The Morgan fingerprint density at radius 1 is 0.531 bits per heavy atom. The highest BCUT2D eigenvalue weighted by Crippen LogP contribution is 2.43. The summed E-state index contributed by atoms with van der Waals surface area (Å²) in [5.74, 6) is 1.13. The highest BCUT2D eigenvalue weighted by Gasteiger charge is 2.37. The summed E-state index contributed by atoms with van der Waals surface area (Å²) < 4.78 is 11.4. The van der Waals surface area contributed by atoms with Gasteiger partial charge in [-0.05, 0) is 179 Å². The summed E-state index contributed by atoms with van der Waals surface area (Å²) >= 11 is 34.1. The molecule has 4 aliphatic heterocycles. The molecule has 0 spiro atoms. The van der Waals surface area contributed by atoms with E-state index in [1.165, 1.54) is 60.9 Å². The number of urea groups is 1. The number of amides is 3. The lowest BCUT2D eigenvalue weighted by Gasteiger charge is -2.36. The van der Waals surface area contributed by atoms with Crippen LogP contribution in [0.15, 0.2) is 180 Å². The summed E-state index contributed by atoms with van der Waals surface area (Å²) in [5.41, 5.74) is 19.3. The first kappa shape index (κ1) is 66.4. The van der Waals surface area contributed by atoms with Crippen molar-refractivity contribution in [1.29, 1.82) is 5.26 Å². The summed E-state index contributed by atoms with van der Waals surface area (Å²) in [6.07, 6.45) is 3.59. The van der Waals surface area contributed by atoms with Crippen LogP contribution in [0.5, 0.6) is 5.75 Å². The second-order valence-electron chi connectivity index (χ2n) is 24.0. The molecule has 4 atom stereocenters. The first-order valence-electron chi connectivity index (χ1n) is 31.8. The maximum atomic E-state index is 12.8. The zero-order valence-corrected chi connectivity index (χ0v) is 57.9. The summed E-state index contributed by atoms with van der Waals surface area (Å²) in [6, 6.07) is 60.0. The van der Waals surface area contributed by atoms with Crippen molar-refractivity contribution in [1.82, 2.24) is 45.7 Å². The van der Waals surface area contributed by atoms with Gasteiger partial charge in [0.1, 0.15) is 12.4 Å². The number of carbonyl (C=O) groups excluding carboxylic acids is 2. The monoisotopic (exact) mass is 1440 g/mol. The molecule has 488 valence electrons. The van der Waals surface area contributed by atoms with Gasteiger partial charge in [-0.15, -0.1) is 11.6 Å². The molecule has 0 fully saturated rings. The molecule has 8 heterocycles. The maximum Gasteiger partial charge on any atom is 0.318 e. The Morgan fingerprint density at radius 3 is 1.52 bits per heavy atom. The van der Waals surface area contributed by atoms with E-state index < -0.39 is 0 Å². The van der Waals surface area contributed by atoms with Gasteiger partial charge in [0.25, 0.3) is 0 Å². The number of nitriles is 1. The van der Waals surface area contributed by atoms with E-state index in [4.69, 9.17) is 72.7 Å². The predicted molar refractivity (Wildman–Crippen MR) is 391 cm³/mol. The number of rotatable bonds is 9. The Labute approximate surface area is 589 Å². The highest BCUT2D eigenvalue weighted by molar-refractivity contribution is 9.10. The van der Waals surface area contributed by atoms with Crippen LogP contribution < -0.4 is 20.7 Å². The van der Waals surface area contributed by atoms with E-state index in [2.05, 4.69) is 112 Å². The molecule has 4 aliphatic rings. The fourth-order valence-corrected chi connectivity index (χ4v) is 15.2. The number of H-pyrrole nitrogens is 4. The second-order valence-corrected chi connectivity index (χ2v) is 27.1. The molecule has 12 aromatic rings. The highest BCUT2D eigenvalue weighted by atomic mass is 79.9. The molecule has 0 aliphatic carbocycles. The summed E-state index contributed by atoms with van der Waals surface area (Å²) in [5, 5.41) is 26.7. The van der Waals surface area contributed by atoms with E-state index >= 15 is 0 Å². The average molecular weight is 1440 g/mol. The first-order valence-corrected chi connectivity index (χ1v) is 34.6. The molecule has 96 heavy (non-hydrogen) atoms. The zero-order valence-electron chi connectivity index (χ0n) is 52.6. The van der Waals surface area contributed by atoms with Crippen molar-refractivity contribution < 1.29 is 19.1 Å². The SMILES string of the molecule is COCC(=O)N1CCc2c([nH]c3ccc(Br)cc23)C1c1cccc(Cl)c1.COc1ccc(C2c3[nH]c4ccc(Cl)cc4c3CCN2C(=O)NCCCl)cc1.Clc1ccc2[nH]c3c(c2c1)CCNC3c1ccccc1.N#Cc1ccc(C2NCCc3c2[nH]c2ccc(Cl)cc32)cc1. The fourth-order valence-electron chi connectivity index (χ4n) is 14.0. The Balaban J connectivity index is 0.000000117. The molecule has 0 bridgehead atoms. The molecule has 0 radical (unpaired) electrons. The summed E-state index contributed by atoms with van der Waals surface area (Å²) in [4.78, 5) is 43.4. The molecular formula is C76H68BrCl5N10O4. The number of aromatic amines is 4. The number of carbonyl (C=O) groups is 2. The molecule has 3 amide bonds. The lowest BCUT2D eigenvalue weighted by molar-refractivity contribution is -0.137. The van der Waals surface area contributed by atoms with Crippen LogP contribution in [-0.2, 0) is 35.2 Å². The number of nitrogens with zero attached hydrogens (tertiary/aromatic N) is 3. The molecular weight excluding hydrogens is 1370 g/mol. The lowest BCUT2D eigenvalue weighted by Crippen LogP contribution is -2.46. The number of alkyl halides is 1. The second kappa shape index (κ2) is 29.6. The number of aromatic nitrogens is 4. The Bertz CT molecular complexity index is 4850. The number of fused-ring (bicyclic) bond motifs is 12. The van der Waals surface area contributed by atoms with Crippen molar-refractivity contribution in [3.63, 3.8) is 0 Å². The standard InChI is InChI=1S/C21H21Cl2N3O2.C20H18BrClN2O2.C18H14ClN3.C17H15ClN2/c1-28-15-5-2-13(3-6-15)20-19-16(8-11-26(20)21(27)24-10-9-22)17-12-14(23)4-7-18(17)25-19;1-26-11-18(25)24-8-7-15-16-10-13(21)5-6-17(16)23-19(15)20(24)12-3-2-4-14(22)9-12;19-13-5-6-16-15(9-13)14-7-8-21-17(18(14)22-16)12-3-1-11(10-20)2-4-12;18-12-6-7-15-14(10-12)13-8-9-19-16(17(13)20-15)11-4-2-1-3-5-11/h2-7,12,20,25H,8-11H2,1H3,(H,24,27);2-6,9-10,20,23H,7-8,11H2,1H3;1-6,9,17,21-22H,7-8H2;1-7,10,16,19-20H,8-9H2. The van der Waals surface area contributed by atoms with Crippen LogP contribution in [-0.4, -0.2) is 101 Å². The molecule has 20 heteroatoms. The van der Waals surface area contributed by atoms with Gasteiger partial charge >= 0.3 is 6.03 Å². The quantitative estimate of drug-likeness (QED) is 0.0702. The van der Waals surface area contributed by atoms with Crippen molar-refractivity contribution in [3.05, 3.63) is 273 Å². The molecule has 0 saturated carbocycles. The van der Waals surface area contributed by atoms with E-state index in [1.54, 1.807) is 14.2 Å². The number of hydrogen-bond acceptors (Lipinski definition) is 7. The van der Waals surface area contributed by atoms with Crippen molar-refractivity contribution >= 4 is 129 Å². The van der Waals surface area contributed by atoms with Crippen LogP contribution in [0.25, 0.3) is 43.6 Å². The van der Waals surface area contributed by atoms with Crippen LogP contribution >= 0.6 is 73.9 Å². The van der Waals surface area contributed by atoms with Gasteiger partial charge in [0, 0.05) is 137 Å². The number of benzene rings is 8. The normalized spacial score (nSPS) is 16.9. The van der Waals surface area contributed by atoms with Gasteiger partial charge in [0.2, 0.25) is 5.91 Å². The van der Waals surface area contributed by atoms with Gasteiger partial charge in [-0.2, -0.15) is 5.26 Å². The average Bonchev–Trinajstić information content (AvgIpc) is 1.59. The minimum atomic E-state index is -0.226. The van der Waals surface area contributed by atoms with Crippen LogP contribution in [0, 0.1) is 11.3 Å². The van der Waals surface area contributed by atoms with Crippen LogP contribution in [0.2, 0.25) is 20.1 Å². The number of methoxy groups -OCH3 is 2. The smallest absolute Gasteiger partial charge is 0.318 e. The van der Waals surface area contributed by atoms with Gasteiger partial charge in [-0.3, -0.25) is 4.79 Å². The molecule has 4 aromatic heterocycles. The first-order chi connectivity index (χ1) is 46.8. The van der Waals surface area contributed by atoms with Crippen LogP contribution in [0.1, 0.15) is 97.0 Å². The Morgan fingerprint density at radius 2 is 1.00 bits per heavy atom.